The van der Waals surface area contributed by atoms with E-state index >= 15 is 0 Å². The number of imidazole rings is 1. The van der Waals surface area contributed by atoms with Gasteiger partial charge in [0.1, 0.15) is 0 Å². The van der Waals surface area contributed by atoms with E-state index in [1.165, 1.54) is 21.3 Å². The van der Waals surface area contributed by atoms with Crippen molar-refractivity contribution in [1.82, 2.24) is 13.9 Å². The van der Waals surface area contributed by atoms with Crippen LogP contribution in [0.15, 0.2) is 41.2 Å². The first kappa shape index (κ1) is 22.4. The van der Waals surface area contributed by atoms with Crippen molar-refractivity contribution in [2.75, 3.05) is 5.75 Å². The summed E-state index contributed by atoms with van der Waals surface area (Å²) in [6.45, 7) is 2.04. The summed E-state index contributed by atoms with van der Waals surface area (Å²) >= 11 is 12.2. The second-order valence-electron chi connectivity index (χ2n) is 6.97. The molecule has 0 fully saturated rings. The number of rotatable bonds is 7. The van der Waals surface area contributed by atoms with Crippen LogP contribution in [-0.4, -0.2) is 29.2 Å². The van der Waals surface area contributed by atoms with Crippen LogP contribution >= 0.6 is 23.2 Å². The number of nitrogens with one attached hydrogen (secondary N) is 1. The molecule has 30 heavy (non-hydrogen) atoms. The summed E-state index contributed by atoms with van der Waals surface area (Å²) in [5.74, 6) is -0.858. The molecule has 1 heterocycles. The van der Waals surface area contributed by atoms with Crippen LogP contribution in [0.5, 0.6) is 0 Å². The average molecular weight is 470 g/mol. The first-order valence-corrected chi connectivity index (χ1v) is 11.7. The van der Waals surface area contributed by atoms with E-state index in [4.69, 9.17) is 23.2 Å². The lowest BCUT2D eigenvalue weighted by molar-refractivity contribution is 0.0981. The Hall–Kier alpha value is -2.29. The van der Waals surface area contributed by atoms with Gasteiger partial charge in [0.25, 0.3) is 5.91 Å². The second-order valence-corrected chi connectivity index (χ2v) is 9.66. The molecule has 0 saturated carbocycles. The zero-order valence-corrected chi connectivity index (χ0v) is 18.8. The lowest BCUT2D eigenvalue weighted by Crippen LogP contribution is -2.32. The molecule has 0 saturated heterocycles. The highest BCUT2D eigenvalue weighted by atomic mass is 35.5. The molecule has 0 atom stereocenters. The predicted molar refractivity (Wildman–Crippen MR) is 119 cm³/mol. The van der Waals surface area contributed by atoms with Gasteiger partial charge in [-0.2, -0.15) is 0 Å². The minimum absolute atomic E-state index is 0.122. The normalized spacial score (nSPS) is 11.7. The average Bonchev–Trinajstić information content (AvgIpc) is 2.92. The fourth-order valence-corrected chi connectivity index (χ4v) is 4.75. The van der Waals surface area contributed by atoms with Crippen molar-refractivity contribution in [2.45, 2.75) is 26.3 Å². The van der Waals surface area contributed by atoms with Gasteiger partial charge in [-0.3, -0.25) is 13.9 Å². The van der Waals surface area contributed by atoms with Gasteiger partial charge < -0.3 is 0 Å². The molecule has 7 nitrogen and oxygen atoms in total. The standard InChI is InChI=1S/C20H21Cl2N3O4S/c1-3-4-9-30(28,29)23-19(26)13-6-8-17-18(10-13)25(20(27)24(17)2)12-14-5-7-15(21)11-16(14)22/h5-8,10-11H,3-4,9,12H2,1-2H3,(H,23,26). The van der Waals surface area contributed by atoms with E-state index in [-0.39, 0.29) is 23.6 Å². The second kappa shape index (κ2) is 8.83. The molecule has 10 heteroatoms. The molecule has 160 valence electrons. The first-order chi connectivity index (χ1) is 14.1. The Morgan fingerprint density at radius 1 is 1.10 bits per heavy atom. The van der Waals surface area contributed by atoms with Crippen LogP contribution in [0.2, 0.25) is 10.0 Å². The molecular formula is C20H21Cl2N3O4S. The van der Waals surface area contributed by atoms with Gasteiger partial charge in [0, 0.05) is 22.7 Å². The van der Waals surface area contributed by atoms with Crippen molar-refractivity contribution in [3.05, 3.63) is 68.1 Å². The zero-order valence-electron chi connectivity index (χ0n) is 16.5. The third-order valence-electron chi connectivity index (χ3n) is 4.77. The Morgan fingerprint density at radius 2 is 1.83 bits per heavy atom. The number of unbranched alkanes of at least 4 members (excludes halogenated alkanes) is 1. The van der Waals surface area contributed by atoms with Crippen LogP contribution < -0.4 is 10.4 Å². The monoisotopic (exact) mass is 469 g/mol. The summed E-state index contributed by atoms with van der Waals surface area (Å²) in [7, 11) is -2.09. The van der Waals surface area contributed by atoms with E-state index < -0.39 is 15.9 Å². The van der Waals surface area contributed by atoms with Gasteiger partial charge in [0.2, 0.25) is 10.0 Å². The summed E-state index contributed by atoms with van der Waals surface area (Å²) in [5, 5.41) is 0.902. The van der Waals surface area contributed by atoms with E-state index in [2.05, 4.69) is 4.72 Å². The molecule has 0 aliphatic carbocycles. The molecule has 3 rings (SSSR count). The lowest BCUT2D eigenvalue weighted by Gasteiger charge is -2.08. The van der Waals surface area contributed by atoms with Gasteiger partial charge in [-0.1, -0.05) is 42.6 Å². The Morgan fingerprint density at radius 3 is 2.50 bits per heavy atom. The zero-order chi connectivity index (χ0) is 22.1. The third-order valence-corrected chi connectivity index (χ3v) is 6.68. The summed E-state index contributed by atoms with van der Waals surface area (Å²) in [6.07, 6.45) is 1.16. The van der Waals surface area contributed by atoms with Crippen LogP contribution in [0, 0.1) is 0 Å². The van der Waals surface area contributed by atoms with Gasteiger partial charge in [-0.25, -0.2) is 17.9 Å². The maximum absolute atomic E-state index is 12.8. The number of halogens is 2. The van der Waals surface area contributed by atoms with Gasteiger partial charge in [-0.15, -0.1) is 0 Å². The van der Waals surface area contributed by atoms with Crippen LogP contribution in [0.1, 0.15) is 35.7 Å². The van der Waals surface area contributed by atoms with Crippen molar-refractivity contribution < 1.29 is 13.2 Å². The molecule has 0 unspecified atom stereocenters. The lowest BCUT2D eigenvalue weighted by atomic mass is 10.1. The molecule has 1 amide bonds. The number of aromatic nitrogens is 2. The molecule has 2 aromatic carbocycles. The Bertz CT molecular complexity index is 1280. The topological polar surface area (TPSA) is 90.2 Å². The smallest absolute Gasteiger partial charge is 0.295 e. The highest BCUT2D eigenvalue weighted by Crippen LogP contribution is 2.23. The van der Waals surface area contributed by atoms with Crippen LogP contribution in [0.25, 0.3) is 11.0 Å². The predicted octanol–water partition coefficient (Wildman–Crippen LogP) is 3.55. The van der Waals surface area contributed by atoms with Crippen molar-refractivity contribution in [1.29, 1.82) is 0 Å². The van der Waals surface area contributed by atoms with Crippen molar-refractivity contribution >= 4 is 50.2 Å². The minimum Gasteiger partial charge on any atom is -0.295 e. The number of carbonyl (C=O) groups is 1. The molecule has 0 radical (unpaired) electrons. The number of hydrogen-bond acceptors (Lipinski definition) is 4. The quantitative estimate of drug-likeness (QED) is 0.572. The van der Waals surface area contributed by atoms with Gasteiger partial charge in [-0.05, 0) is 42.3 Å². The SMILES string of the molecule is CCCCS(=O)(=O)NC(=O)c1ccc2c(c1)n(Cc1ccc(Cl)cc1Cl)c(=O)n2C. The molecule has 0 aliphatic rings. The highest BCUT2D eigenvalue weighted by Gasteiger charge is 2.18. The van der Waals surface area contributed by atoms with E-state index in [0.717, 1.165) is 0 Å². The highest BCUT2D eigenvalue weighted by molar-refractivity contribution is 7.90. The summed E-state index contributed by atoms with van der Waals surface area (Å²) in [5.41, 5.74) is 1.64. The summed E-state index contributed by atoms with van der Waals surface area (Å²) < 4.78 is 29.1. The fraction of sp³-hybridized carbons (Fsp3) is 0.300. The third kappa shape index (κ3) is 4.71. The van der Waals surface area contributed by atoms with E-state index in [1.54, 1.807) is 31.3 Å². The summed E-state index contributed by atoms with van der Waals surface area (Å²) in [6, 6.07) is 9.61. The van der Waals surface area contributed by atoms with Gasteiger partial charge >= 0.3 is 5.69 Å². The maximum atomic E-state index is 12.8. The summed E-state index contributed by atoms with van der Waals surface area (Å²) in [4.78, 5) is 25.3. The van der Waals surface area contributed by atoms with Crippen LogP contribution in [0.4, 0.5) is 0 Å². The number of benzene rings is 2. The molecule has 0 spiro atoms. The van der Waals surface area contributed by atoms with Gasteiger partial charge in [0.15, 0.2) is 0 Å². The fourth-order valence-electron chi connectivity index (χ4n) is 3.11. The molecular weight excluding hydrogens is 449 g/mol. The number of fused-ring (bicyclic) bond motifs is 1. The van der Waals surface area contributed by atoms with Crippen molar-refractivity contribution in [3.63, 3.8) is 0 Å². The minimum atomic E-state index is -3.72. The molecule has 0 aliphatic heterocycles. The molecule has 1 aromatic heterocycles. The Kier molecular flexibility index (Phi) is 6.59. The van der Waals surface area contributed by atoms with Crippen molar-refractivity contribution in [2.24, 2.45) is 7.05 Å². The largest absolute Gasteiger partial charge is 0.329 e. The van der Waals surface area contributed by atoms with Crippen LogP contribution in [-0.2, 0) is 23.6 Å². The van der Waals surface area contributed by atoms with E-state index in [9.17, 15) is 18.0 Å². The number of amides is 1. The number of hydrogen-bond donors (Lipinski definition) is 1. The molecule has 1 N–H and O–H groups in total. The number of carbonyl (C=O) groups excluding carboxylic acids is 1. The number of nitrogens with zero attached hydrogens (tertiary/aromatic N) is 2. The van der Waals surface area contributed by atoms with E-state index in [1.807, 2.05) is 6.92 Å². The number of sulfonamides is 1. The van der Waals surface area contributed by atoms with Crippen molar-refractivity contribution in [3.8, 4) is 0 Å². The maximum Gasteiger partial charge on any atom is 0.329 e. The molecule has 3 aromatic rings. The van der Waals surface area contributed by atoms with Gasteiger partial charge in [0.05, 0.1) is 23.3 Å². The molecule has 0 bridgehead atoms. The van der Waals surface area contributed by atoms with E-state index in [0.29, 0.717) is 39.5 Å². The first-order valence-electron chi connectivity index (χ1n) is 9.31. The Labute approximate surface area is 184 Å². The van der Waals surface area contributed by atoms with Crippen LogP contribution in [0.3, 0.4) is 0 Å². The number of aryl methyl sites for hydroxylation is 1. The Balaban J connectivity index is 2.00.